The Morgan fingerprint density at radius 1 is 1.00 bits per heavy atom. The van der Waals surface area contributed by atoms with Crippen LogP contribution in [0.2, 0.25) is 10.0 Å². The summed E-state index contributed by atoms with van der Waals surface area (Å²) in [6, 6.07) is 11.8. The Kier molecular flexibility index (Phi) is 7.59. The Bertz CT molecular complexity index is 1000. The van der Waals surface area contributed by atoms with Crippen LogP contribution in [0.4, 0.5) is 5.69 Å². The van der Waals surface area contributed by atoms with E-state index in [1.165, 1.54) is 12.0 Å². The van der Waals surface area contributed by atoms with Crippen molar-refractivity contribution in [2.24, 2.45) is 0 Å². The molecule has 0 aliphatic carbocycles. The number of hydrogen-bond acceptors (Lipinski definition) is 5. The predicted octanol–water partition coefficient (Wildman–Crippen LogP) is 5.01. The number of benzene rings is 2. The molecule has 0 saturated heterocycles. The van der Waals surface area contributed by atoms with Gasteiger partial charge in [0, 0.05) is 23.2 Å². The molecular weight excluding hydrogens is 439 g/mol. The molecule has 0 aromatic heterocycles. The summed E-state index contributed by atoms with van der Waals surface area (Å²) in [4.78, 5) is 27.7. The quantitative estimate of drug-likeness (QED) is 0.418. The average Bonchev–Trinajstić information content (AvgIpc) is 2.96. The highest BCUT2D eigenvalue weighted by Gasteiger charge is 2.39. The SMILES string of the molecule is COc1ccc(Cl)cc1NC1=C(c2ccc(Cl)cc2)C(=O)N(CCCOC(C)C)C1=O. The van der Waals surface area contributed by atoms with Crippen LogP contribution in [0.3, 0.4) is 0 Å². The zero-order valence-corrected chi connectivity index (χ0v) is 19.1. The highest BCUT2D eigenvalue weighted by atomic mass is 35.5. The lowest BCUT2D eigenvalue weighted by molar-refractivity contribution is -0.137. The molecule has 1 heterocycles. The predicted molar refractivity (Wildman–Crippen MR) is 122 cm³/mol. The summed E-state index contributed by atoms with van der Waals surface area (Å²) in [7, 11) is 1.52. The van der Waals surface area contributed by atoms with Crippen molar-refractivity contribution in [1.29, 1.82) is 0 Å². The van der Waals surface area contributed by atoms with Crippen LogP contribution in [0.15, 0.2) is 48.2 Å². The smallest absolute Gasteiger partial charge is 0.278 e. The largest absolute Gasteiger partial charge is 0.495 e. The summed E-state index contributed by atoms with van der Waals surface area (Å²) in [5.74, 6) is -0.293. The number of methoxy groups -OCH3 is 1. The van der Waals surface area contributed by atoms with Crippen LogP contribution in [0.25, 0.3) is 5.57 Å². The van der Waals surface area contributed by atoms with E-state index in [0.717, 1.165) is 0 Å². The number of anilines is 1. The van der Waals surface area contributed by atoms with Crippen molar-refractivity contribution < 1.29 is 19.1 Å². The number of carbonyl (C=O) groups is 2. The molecule has 2 aromatic rings. The van der Waals surface area contributed by atoms with Crippen molar-refractivity contribution in [3.05, 3.63) is 63.8 Å². The second kappa shape index (κ2) is 10.2. The van der Waals surface area contributed by atoms with Crippen molar-refractivity contribution >= 4 is 46.3 Å². The summed E-state index contributed by atoms with van der Waals surface area (Å²) in [5, 5.41) is 4.08. The fourth-order valence-electron chi connectivity index (χ4n) is 3.23. The van der Waals surface area contributed by atoms with Crippen LogP contribution in [-0.4, -0.2) is 43.1 Å². The van der Waals surface area contributed by atoms with Crippen LogP contribution in [-0.2, 0) is 14.3 Å². The highest BCUT2D eigenvalue weighted by molar-refractivity contribution is 6.37. The number of ether oxygens (including phenoxy) is 2. The summed E-state index contributed by atoms with van der Waals surface area (Å²) < 4.78 is 10.9. The third-order valence-electron chi connectivity index (χ3n) is 4.70. The lowest BCUT2D eigenvalue weighted by Gasteiger charge is -2.16. The first kappa shape index (κ1) is 23.1. The highest BCUT2D eigenvalue weighted by Crippen LogP contribution is 2.35. The van der Waals surface area contributed by atoms with E-state index in [0.29, 0.717) is 40.1 Å². The first-order valence-corrected chi connectivity index (χ1v) is 10.7. The maximum absolute atomic E-state index is 13.2. The summed E-state index contributed by atoms with van der Waals surface area (Å²) >= 11 is 12.1. The van der Waals surface area contributed by atoms with Gasteiger partial charge in [-0.05, 0) is 56.2 Å². The number of rotatable bonds is 9. The summed E-state index contributed by atoms with van der Waals surface area (Å²) in [6.45, 7) is 4.58. The van der Waals surface area contributed by atoms with E-state index in [2.05, 4.69) is 5.32 Å². The van der Waals surface area contributed by atoms with E-state index in [9.17, 15) is 9.59 Å². The monoisotopic (exact) mass is 462 g/mol. The van der Waals surface area contributed by atoms with Gasteiger partial charge in [0.05, 0.1) is 24.5 Å². The van der Waals surface area contributed by atoms with Crippen LogP contribution >= 0.6 is 23.2 Å². The van der Waals surface area contributed by atoms with Gasteiger partial charge in [-0.15, -0.1) is 0 Å². The summed E-state index contributed by atoms with van der Waals surface area (Å²) in [6.07, 6.45) is 0.623. The number of amides is 2. The number of nitrogens with one attached hydrogen (secondary N) is 1. The molecule has 0 unspecified atom stereocenters. The molecular formula is C23H24Cl2N2O4. The first-order chi connectivity index (χ1) is 14.8. The van der Waals surface area contributed by atoms with Gasteiger partial charge in [-0.2, -0.15) is 0 Å². The Morgan fingerprint density at radius 3 is 2.32 bits per heavy atom. The van der Waals surface area contributed by atoms with Gasteiger partial charge in [-0.1, -0.05) is 35.3 Å². The molecule has 3 rings (SSSR count). The molecule has 6 nitrogen and oxygen atoms in total. The van der Waals surface area contributed by atoms with E-state index in [1.807, 2.05) is 13.8 Å². The molecule has 0 spiro atoms. The van der Waals surface area contributed by atoms with Crippen molar-refractivity contribution in [1.82, 2.24) is 4.90 Å². The van der Waals surface area contributed by atoms with Gasteiger partial charge in [0.15, 0.2) is 0 Å². The zero-order valence-electron chi connectivity index (χ0n) is 17.6. The van der Waals surface area contributed by atoms with E-state index in [4.69, 9.17) is 32.7 Å². The van der Waals surface area contributed by atoms with Gasteiger partial charge in [0.2, 0.25) is 0 Å². The van der Waals surface area contributed by atoms with Gasteiger partial charge in [0.25, 0.3) is 11.8 Å². The molecule has 1 N–H and O–H groups in total. The number of halogens is 2. The van der Waals surface area contributed by atoms with E-state index < -0.39 is 5.91 Å². The van der Waals surface area contributed by atoms with Crippen molar-refractivity contribution in [3.8, 4) is 5.75 Å². The van der Waals surface area contributed by atoms with Crippen LogP contribution < -0.4 is 10.1 Å². The minimum Gasteiger partial charge on any atom is -0.495 e. The van der Waals surface area contributed by atoms with E-state index in [1.54, 1.807) is 42.5 Å². The minimum atomic E-state index is -0.415. The van der Waals surface area contributed by atoms with Gasteiger partial charge in [-0.3, -0.25) is 14.5 Å². The molecule has 0 saturated carbocycles. The topological polar surface area (TPSA) is 67.9 Å². The van der Waals surface area contributed by atoms with Gasteiger partial charge >= 0.3 is 0 Å². The normalized spacial score (nSPS) is 14.1. The zero-order chi connectivity index (χ0) is 22.5. The molecule has 164 valence electrons. The van der Waals surface area contributed by atoms with Gasteiger partial charge in [0.1, 0.15) is 11.4 Å². The Hall–Kier alpha value is -2.54. The molecule has 2 amide bonds. The molecule has 8 heteroatoms. The van der Waals surface area contributed by atoms with E-state index in [-0.39, 0.29) is 29.8 Å². The fourth-order valence-corrected chi connectivity index (χ4v) is 3.53. The standard InChI is InChI=1S/C23H24Cl2N2O4/c1-14(2)31-12-4-11-27-22(28)20(15-5-7-16(24)8-6-15)21(23(27)29)26-18-13-17(25)9-10-19(18)30-3/h5-10,13-14,26H,4,11-12H2,1-3H3. The van der Waals surface area contributed by atoms with Crippen molar-refractivity contribution in [2.45, 2.75) is 26.4 Å². The minimum absolute atomic E-state index is 0.0836. The number of nitrogens with zero attached hydrogens (tertiary/aromatic N) is 1. The molecule has 0 atom stereocenters. The average molecular weight is 463 g/mol. The first-order valence-electron chi connectivity index (χ1n) is 9.90. The Balaban J connectivity index is 1.96. The molecule has 1 aliphatic heterocycles. The van der Waals surface area contributed by atoms with Crippen LogP contribution in [0, 0.1) is 0 Å². The third kappa shape index (κ3) is 5.39. The van der Waals surface area contributed by atoms with Crippen LogP contribution in [0.5, 0.6) is 5.75 Å². The molecule has 0 radical (unpaired) electrons. The van der Waals surface area contributed by atoms with Gasteiger partial charge in [-0.25, -0.2) is 0 Å². The Labute approximate surface area is 191 Å². The number of imide groups is 1. The van der Waals surface area contributed by atoms with Crippen molar-refractivity contribution in [2.75, 3.05) is 25.6 Å². The lowest BCUT2D eigenvalue weighted by atomic mass is 10.0. The number of carbonyl (C=O) groups excluding carboxylic acids is 2. The van der Waals surface area contributed by atoms with Crippen molar-refractivity contribution in [3.63, 3.8) is 0 Å². The lowest BCUT2D eigenvalue weighted by Crippen LogP contribution is -2.34. The second-order valence-corrected chi connectivity index (χ2v) is 8.13. The molecule has 2 aromatic carbocycles. The second-order valence-electron chi connectivity index (χ2n) is 7.26. The fraction of sp³-hybridized carbons (Fsp3) is 0.304. The third-order valence-corrected chi connectivity index (χ3v) is 5.19. The Morgan fingerprint density at radius 2 is 1.68 bits per heavy atom. The molecule has 0 fully saturated rings. The maximum Gasteiger partial charge on any atom is 0.278 e. The molecule has 0 bridgehead atoms. The number of hydrogen-bond donors (Lipinski definition) is 1. The van der Waals surface area contributed by atoms with E-state index >= 15 is 0 Å². The van der Waals surface area contributed by atoms with Gasteiger partial charge < -0.3 is 14.8 Å². The molecule has 1 aliphatic rings. The molecule has 31 heavy (non-hydrogen) atoms. The summed E-state index contributed by atoms with van der Waals surface area (Å²) in [5.41, 5.74) is 1.51. The maximum atomic E-state index is 13.2. The van der Waals surface area contributed by atoms with Crippen LogP contribution in [0.1, 0.15) is 25.8 Å².